The maximum absolute atomic E-state index is 14.2. The normalized spacial score (nSPS) is 17.2. The molecule has 1 heterocycles. The van der Waals surface area contributed by atoms with Gasteiger partial charge in [-0.15, -0.1) is 0 Å². The van der Waals surface area contributed by atoms with Crippen molar-refractivity contribution in [2.45, 2.75) is 24.4 Å². The van der Waals surface area contributed by atoms with E-state index in [0.29, 0.717) is 0 Å². The third kappa shape index (κ3) is 5.81. The van der Waals surface area contributed by atoms with E-state index in [4.69, 9.17) is 4.74 Å². The lowest BCUT2D eigenvalue weighted by molar-refractivity contribution is -0.270. The van der Waals surface area contributed by atoms with Gasteiger partial charge in [-0.2, -0.15) is 26.3 Å². The van der Waals surface area contributed by atoms with Crippen molar-refractivity contribution in [2.75, 3.05) is 45.2 Å². The van der Waals surface area contributed by atoms with Crippen LogP contribution in [0, 0.1) is 0 Å². The molecule has 3 rings (SSSR count). The molecule has 1 aliphatic heterocycles. The quantitative estimate of drug-likeness (QED) is 0.582. The molecular weight excluding hydrogens is 492 g/mol. The highest BCUT2D eigenvalue weighted by Gasteiger charge is 2.63. The molecule has 0 saturated carbocycles. The number of alkyl halides is 6. The SMILES string of the molecule is COC(C(=O)N1CCCN(CC(=O)Nc2ccccc2C(F)(F)F)CC1)(c1ccccc1)C(F)(F)F. The topological polar surface area (TPSA) is 61.9 Å². The van der Waals surface area contributed by atoms with Gasteiger partial charge in [0.05, 0.1) is 17.8 Å². The van der Waals surface area contributed by atoms with Crippen LogP contribution in [0.5, 0.6) is 0 Å². The highest BCUT2D eigenvalue weighted by Crippen LogP contribution is 2.43. The Bertz CT molecular complexity index is 1060. The van der Waals surface area contributed by atoms with E-state index in [9.17, 15) is 35.9 Å². The zero-order valence-electron chi connectivity index (χ0n) is 19.3. The largest absolute Gasteiger partial charge is 0.430 e. The Morgan fingerprint density at radius 2 is 1.53 bits per heavy atom. The van der Waals surface area contributed by atoms with Gasteiger partial charge in [-0.3, -0.25) is 14.5 Å². The molecule has 0 bridgehead atoms. The van der Waals surface area contributed by atoms with Crippen molar-refractivity contribution in [1.82, 2.24) is 9.80 Å². The third-order valence-electron chi connectivity index (χ3n) is 5.94. The molecule has 1 unspecified atom stereocenters. The molecule has 12 heteroatoms. The first-order valence-electron chi connectivity index (χ1n) is 11.1. The van der Waals surface area contributed by atoms with Gasteiger partial charge in [0.15, 0.2) is 0 Å². The van der Waals surface area contributed by atoms with Crippen molar-refractivity contribution in [3.63, 3.8) is 0 Å². The van der Waals surface area contributed by atoms with Gasteiger partial charge in [0, 0.05) is 38.9 Å². The summed E-state index contributed by atoms with van der Waals surface area (Å²) in [4.78, 5) is 28.3. The van der Waals surface area contributed by atoms with E-state index >= 15 is 0 Å². The molecule has 0 spiro atoms. The monoisotopic (exact) mass is 517 g/mol. The van der Waals surface area contributed by atoms with Crippen molar-refractivity contribution in [3.8, 4) is 0 Å². The van der Waals surface area contributed by atoms with E-state index < -0.39 is 35.3 Å². The highest BCUT2D eigenvalue weighted by atomic mass is 19.4. The van der Waals surface area contributed by atoms with E-state index in [2.05, 4.69) is 5.32 Å². The van der Waals surface area contributed by atoms with Gasteiger partial charge in [-0.25, -0.2) is 0 Å². The lowest BCUT2D eigenvalue weighted by Gasteiger charge is -2.37. The summed E-state index contributed by atoms with van der Waals surface area (Å²) in [6.07, 6.45) is -9.44. The predicted octanol–water partition coefficient (Wildman–Crippen LogP) is 4.28. The van der Waals surface area contributed by atoms with Gasteiger partial charge in [-0.1, -0.05) is 42.5 Å². The summed E-state index contributed by atoms with van der Waals surface area (Å²) in [5.41, 5.74) is -4.93. The van der Waals surface area contributed by atoms with Crippen LogP contribution in [0.2, 0.25) is 0 Å². The van der Waals surface area contributed by atoms with Crippen LogP contribution in [0.4, 0.5) is 32.0 Å². The first kappa shape index (κ1) is 27.5. The summed E-state index contributed by atoms with van der Waals surface area (Å²) < 4.78 is 87.0. The second-order valence-corrected chi connectivity index (χ2v) is 8.26. The molecular formula is C24H25F6N3O3. The Labute approximate surface area is 203 Å². The van der Waals surface area contributed by atoms with E-state index in [1.54, 1.807) is 4.90 Å². The number of carbonyl (C=O) groups is 2. The fourth-order valence-corrected chi connectivity index (χ4v) is 4.19. The number of benzene rings is 2. The molecule has 0 aromatic heterocycles. The number of anilines is 1. The molecule has 196 valence electrons. The summed E-state index contributed by atoms with van der Waals surface area (Å²) >= 11 is 0. The summed E-state index contributed by atoms with van der Waals surface area (Å²) in [5, 5.41) is 2.24. The lowest BCUT2D eigenvalue weighted by atomic mass is 9.91. The van der Waals surface area contributed by atoms with Crippen molar-refractivity contribution < 1.29 is 40.7 Å². The second kappa shape index (κ2) is 10.9. The number of hydrogen-bond donors (Lipinski definition) is 1. The van der Waals surface area contributed by atoms with Crippen LogP contribution in [0.15, 0.2) is 54.6 Å². The fraction of sp³-hybridized carbons (Fsp3) is 0.417. The van der Waals surface area contributed by atoms with E-state index in [1.165, 1.54) is 42.5 Å². The maximum Gasteiger partial charge on any atom is 0.430 e. The summed E-state index contributed by atoms with van der Waals surface area (Å²) in [5.74, 6) is -1.98. The van der Waals surface area contributed by atoms with E-state index in [-0.39, 0.29) is 50.4 Å². The van der Waals surface area contributed by atoms with Gasteiger partial charge in [0.1, 0.15) is 0 Å². The number of ether oxygens (including phenoxy) is 1. The average Bonchev–Trinajstić information content (AvgIpc) is 3.04. The summed E-state index contributed by atoms with van der Waals surface area (Å²) in [6, 6.07) is 11.2. The molecule has 1 atom stereocenters. The smallest absolute Gasteiger partial charge is 0.356 e. The molecule has 0 aliphatic carbocycles. The number of methoxy groups -OCH3 is 1. The maximum atomic E-state index is 14.2. The number of nitrogens with one attached hydrogen (secondary N) is 1. The molecule has 0 radical (unpaired) electrons. The van der Waals surface area contributed by atoms with Gasteiger partial charge >= 0.3 is 12.4 Å². The first-order chi connectivity index (χ1) is 16.9. The van der Waals surface area contributed by atoms with Crippen LogP contribution in [0.25, 0.3) is 0 Å². The number of halogens is 6. The average molecular weight is 517 g/mol. The molecule has 1 saturated heterocycles. The van der Waals surface area contributed by atoms with Crippen LogP contribution >= 0.6 is 0 Å². The number of carbonyl (C=O) groups excluding carboxylic acids is 2. The van der Waals surface area contributed by atoms with Crippen LogP contribution < -0.4 is 5.32 Å². The van der Waals surface area contributed by atoms with Gasteiger partial charge in [-0.05, 0) is 18.6 Å². The Kier molecular flexibility index (Phi) is 8.29. The van der Waals surface area contributed by atoms with Crippen LogP contribution in [0.3, 0.4) is 0 Å². The minimum atomic E-state index is -5.04. The number of rotatable bonds is 6. The Hall–Kier alpha value is -3.12. The van der Waals surface area contributed by atoms with E-state index in [1.807, 2.05) is 0 Å². The van der Waals surface area contributed by atoms with Crippen molar-refractivity contribution in [1.29, 1.82) is 0 Å². The van der Waals surface area contributed by atoms with Crippen molar-refractivity contribution >= 4 is 17.5 Å². The van der Waals surface area contributed by atoms with Crippen molar-refractivity contribution in [3.05, 3.63) is 65.7 Å². The van der Waals surface area contributed by atoms with Gasteiger partial charge < -0.3 is 15.0 Å². The number of hydrogen-bond acceptors (Lipinski definition) is 4. The van der Waals surface area contributed by atoms with Crippen molar-refractivity contribution in [2.24, 2.45) is 0 Å². The van der Waals surface area contributed by atoms with E-state index in [0.717, 1.165) is 24.1 Å². The molecule has 2 aromatic carbocycles. The minimum Gasteiger partial charge on any atom is -0.356 e. The summed E-state index contributed by atoms with van der Waals surface area (Å²) in [7, 11) is 0.825. The van der Waals surface area contributed by atoms with Crippen LogP contribution in [-0.4, -0.2) is 67.6 Å². The molecule has 1 N–H and O–H groups in total. The molecule has 6 nitrogen and oxygen atoms in total. The highest BCUT2D eigenvalue weighted by molar-refractivity contribution is 5.93. The zero-order valence-corrected chi connectivity index (χ0v) is 19.3. The number of nitrogens with zero attached hydrogens (tertiary/aromatic N) is 2. The Balaban J connectivity index is 1.71. The standard InChI is InChI=1S/C24H25F6N3O3/c1-36-22(24(28,29)30,17-8-3-2-4-9-17)21(35)33-13-7-12-32(14-15-33)16-20(34)31-19-11-6-5-10-18(19)23(25,26)27/h2-6,8-11H,7,12-16H2,1H3,(H,31,34). The predicted molar refractivity (Wildman–Crippen MR) is 119 cm³/mol. The molecule has 2 aromatic rings. The van der Waals surface area contributed by atoms with Crippen LogP contribution in [0.1, 0.15) is 17.5 Å². The zero-order chi connectivity index (χ0) is 26.6. The Morgan fingerprint density at radius 1 is 0.889 bits per heavy atom. The number of para-hydroxylation sites is 1. The Morgan fingerprint density at radius 3 is 2.14 bits per heavy atom. The third-order valence-corrected chi connectivity index (χ3v) is 5.94. The lowest BCUT2D eigenvalue weighted by Crippen LogP contribution is -2.57. The molecule has 36 heavy (non-hydrogen) atoms. The van der Waals surface area contributed by atoms with Gasteiger partial charge in [0.2, 0.25) is 5.91 Å². The molecule has 2 amide bonds. The molecule has 1 aliphatic rings. The van der Waals surface area contributed by atoms with Crippen LogP contribution in [-0.2, 0) is 26.1 Å². The summed E-state index contributed by atoms with van der Waals surface area (Å²) in [6.45, 7) is -0.120. The fourth-order valence-electron chi connectivity index (χ4n) is 4.19. The van der Waals surface area contributed by atoms with Gasteiger partial charge in [0.25, 0.3) is 11.5 Å². The second-order valence-electron chi connectivity index (χ2n) is 8.26. The first-order valence-corrected chi connectivity index (χ1v) is 11.1. The number of amides is 2. The molecule has 1 fully saturated rings. The minimum absolute atomic E-state index is 0.0120.